The minimum Gasteiger partial charge on any atom is -0.378 e. The number of benzene rings is 1. The third kappa shape index (κ3) is 5.13. The van der Waals surface area contributed by atoms with Crippen LogP contribution >= 0.6 is 12.4 Å². The second-order valence-electron chi connectivity index (χ2n) is 7.00. The Morgan fingerprint density at radius 2 is 1.97 bits per heavy atom. The predicted octanol–water partition coefficient (Wildman–Crippen LogP) is 1.90. The van der Waals surface area contributed by atoms with Crippen molar-refractivity contribution in [2.75, 3.05) is 18.4 Å². The maximum Gasteiger partial charge on any atom is 0.277 e. The summed E-state index contributed by atoms with van der Waals surface area (Å²) in [4.78, 5) is 37.5. The molecule has 0 aliphatic rings. The summed E-state index contributed by atoms with van der Waals surface area (Å²) in [6.07, 6.45) is 4.94. The molecule has 10 heteroatoms. The number of amides is 1. The molecule has 0 aliphatic heterocycles. The highest BCUT2D eigenvalue weighted by molar-refractivity contribution is 5.85. The molecule has 0 aliphatic carbocycles. The number of nitrogens with one attached hydrogen (secondary N) is 3. The molecule has 0 fully saturated rings. The first-order valence-corrected chi connectivity index (χ1v) is 9.93. The predicted molar refractivity (Wildman–Crippen MR) is 127 cm³/mol. The number of hydrogen-bond acceptors (Lipinski definition) is 6. The van der Waals surface area contributed by atoms with Crippen molar-refractivity contribution in [1.29, 1.82) is 0 Å². The molecule has 3 heterocycles. The van der Waals surface area contributed by atoms with Crippen molar-refractivity contribution in [2.45, 2.75) is 13.1 Å². The van der Waals surface area contributed by atoms with Gasteiger partial charge in [0.05, 0.1) is 12.7 Å². The number of carbonyl (C=O) groups excluding carboxylic acids is 1. The topological polar surface area (TPSA) is 131 Å². The van der Waals surface area contributed by atoms with Gasteiger partial charge in [0.1, 0.15) is 18.1 Å². The zero-order chi connectivity index (χ0) is 21.6. The van der Waals surface area contributed by atoms with Gasteiger partial charge in [-0.05, 0) is 12.1 Å². The summed E-state index contributed by atoms with van der Waals surface area (Å²) in [6, 6.07) is 13.1. The molecule has 0 radical (unpaired) electrons. The molecule has 1 aromatic carbocycles. The second-order valence-corrected chi connectivity index (χ2v) is 7.00. The number of fused-ring (bicyclic) bond motifs is 1. The van der Waals surface area contributed by atoms with E-state index in [-0.39, 0.29) is 30.4 Å². The van der Waals surface area contributed by atoms with Crippen molar-refractivity contribution < 1.29 is 4.79 Å². The number of H-pyrrole nitrogens is 1. The smallest absolute Gasteiger partial charge is 0.277 e. The van der Waals surface area contributed by atoms with Crippen LogP contribution in [0.3, 0.4) is 0 Å². The Bertz CT molecular complexity index is 1220. The van der Waals surface area contributed by atoms with Gasteiger partial charge in [-0.25, -0.2) is 4.98 Å². The Balaban J connectivity index is 0.00000289. The molecular weight excluding hydrogens is 430 g/mol. The fraction of sp³-hybridized carbons (Fsp3) is 0.182. The molecule has 0 unspecified atom stereocenters. The van der Waals surface area contributed by atoms with Gasteiger partial charge >= 0.3 is 0 Å². The Labute approximate surface area is 190 Å². The molecule has 1 amide bonds. The van der Waals surface area contributed by atoms with Crippen molar-refractivity contribution in [2.24, 2.45) is 5.73 Å². The van der Waals surface area contributed by atoms with Crippen LogP contribution in [0.1, 0.15) is 5.69 Å². The maximum absolute atomic E-state index is 13.0. The summed E-state index contributed by atoms with van der Waals surface area (Å²) in [7, 11) is 0. The third-order valence-electron chi connectivity index (χ3n) is 4.79. The lowest BCUT2D eigenvalue weighted by Gasteiger charge is -2.14. The van der Waals surface area contributed by atoms with E-state index in [4.69, 9.17) is 5.73 Å². The fourth-order valence-electron chi connectivity index (χ4n) is 3.31. The van der Waals surface area contributed by atoms with Gasteiger partial charge in [-0.15, -0.1) is 12.4 Å². The number of anilines is 1. The molecule has 5 N–H and O–H groups in total. The zero-order valence-corrected chi connectivity index (χ0v) is 18.1. The summed E-state index contributed by atoms with van der Waals surface area (Å²) in [5, 5.41) is 6.79. The number of carbonyl (C=O) groups is 1. The van der Waals surface area contributed by atoms with Crippen LogP contribution in [0.5, 0.6) is 0 Å². The average molecular weight is 454 g/mol. The number of nitrogens with zero attached hydrogens (tertiary/aromatic N) is 3. The van der Waals surface area contributed by atoms with Crippen LogP contribution in [-0.2, 0) is 17.9 Å². The summed E-state index contributed by atoms with van der Waals surface area (Å²) < 4.78 is 1.37. The van der Waals surface area contributed by atoms with E-state index >= 15 is 0 Å². The molecule has 9 nitrogen and oxygen atoms in total. The molecular formula is C22H24ClN7O2. The molecule has 0 spiro atoms. The van der Waals surface area contributed by atoms with Crippen LogP contribution in [0.2, 0.25) is 0 Å². The maximum atomic E-state index is 13.0. The minimum atomic E-state index is -0.325. The van der Waals surface area contributed by atoms with Crippen molar-refractivity contribution in [1.82, 2.24) is 24.8 Å². The molecule has 4 rings (SSSR count). The molecule has 0 saturated heterocycles. The molecule has 32 heavy (non-hydrogen) atoms. The minimum absolute atomic E-state index is 0. The Hall–Kier alpha value is -3.69. The first kappa shape index (κ1) is 23.0. The van der Waals surface area contributed by atoms with E-state index in [1.165, 1.54) is 10.8 Å². The lowest BCUT2D eigenvalue weighted by Crippen LogP contribution is -2.34. The molecule has 0 atom stereocenters. The van der Waals surface area contributed by atoms with E-state index in [2.05, 4.69) is 25.6 Å². The Morgan fingerprint density at radius 3 is 2.72 bits per heavy atom. The monoisotopic (exact) mass is 453 g/mol. The Kier molecular flexibility index (Phi) is 7.58. The SMILES string of the molecule is Cl.NCCNc1cnc(-c2ccccc2)n(CC(=O)NCc2cc3cnccc3[nH]2)c1=O. The largest absolute Gasteiger partial charge is 0.378 e. The normalized spacial score (nSPS) is 10.5. The highest BCUT2D eigenvalue weighted by Gasteiger charge is 2.15. The van der Waals surface area contributed by atoms with E-state index in [1.54, 1.807) is 12.4 Å². The van der Waals surface area contributed by atoms with Crippen LogP contribution in [-0.4, -0.2) is 38.5 Å². The molecule has 4 aromatic rings. The van der Waals surface area contributed by atoms with Gasteiger partial charge in [-0.3, -0.25) is 19.1 Å². The fourth-order valence-corrected chi connectivity index (χ4v) is 3.31. The lowest BCUT2D eigenvalue weighted by atomic mass is 10.2. The van der Waals surface area contributed by atoms with Gasteiger partial charge in [0.2, 0.25) is 5.91 Å². The van der Waals surface area contributed by atoms with E-state index in [1.807, 2.05) is 42.5 Å². The summed E-state index contributed by atoms with van der Waals surface area (Å²) >= 11 is 0. The van der Waals surface area contributed by atoms with Gasteiger partial charge in [0.15, 0.2) is 0 Å². The number of hydrogen-bond donors (Lipinski definition) is 4. The number of aromatic nitrogens is 4. The molecule has 3 aromatic heterocycles. The van der Waals surface area contributed by atoms with E-state index in [0.29, 0.717) is 31.1 Å². The quantitative estimate of drug-likeness (QED) is 0.322. The first-order valence-electron chi connectivity index (χ1n) is 9.93. The van der Waals surface area contributed by atoms with E-state index in [0.717, 1.165) is 22.2 Å². The van der Waals surface area contributed by atoms with Crippen LogP contribution in [0, 0.1) is 0 Å². The van der Waals surface area contributed by atoms with E-state index in [9.17, 15) is 9.59 Å². The van der Waals surface area contributed by atoms with Gasteiger partial charge in [-0.2, -0.15) is 0 Å². The molecule has 166 valence electrons. The van der Waals surface area contributed by atoms with Crippen molar-refractivity contribution >= 4 is 34.9 Å². The summed E-state index contributed by atoms with van der Waals surface area (Å²) in [6.45, 7) is 0.959. The number of aromatic amines is 1. The van der Waals surface area contributed by atoms with Crippen molar-refractivity contribution in [3.05, 3.63) is 77.1 Å². The van der Waals surface area contributed by atoms with Crippen LogP contribution in [0.4, 0.5) is 5.69 Å². The lowest BCUT2D eigenvalue weighted by molar-refractivity contribution is -0.121. The van der Waals surface area contributed by atoms with Gasteiger partial charge in [0, 0.05) is 47.6 Å². The van der Waals surface area contributed by atoms with Crippen LogP contribution in [0.15, 0.2) is 65.8 Å². The van der Waals surface area contributed by atoms with Gasteiger partial charge < -0.3 is 21.4 Å². The van der Waals surface area contributed by atoms with Crippen molar-refractivity contribution in [3.8, 4) is 11.4 Å². The number of nitrogens with two attached hydrogens (primary N) is 1. The Morgan fingerprint density at radius 1 is 1.16 bits per heavy atom. The van der Waals surface area contributed by atoms with Crippen molar-refractivity contribution in [3.63, 3.8) is 0 Å². The number of rotatable bonds is 8. The molecule has 0 saturated carbocycles. The summed E-state index contributed by atoms with van der Waals surface area (Å²) in [5.41, 5.74) is 8.06. The number of pyridine rings is 1. The highest BCUT2D eigenvalue weighted by atomic mass is 35.5. The second kappa shape index (κ2) is 10.6. The zero-order valence-electron chi connectivity index (χ0n) is 17.2. The summed E-state index contributed by atoms with van der Waals surface area (Å²) in [5.74, 6) is 0.129. The first-order chi connectivity index (χ1) is 15.2. The van der Waals surface area contributed by atoms with Crippen LogP contribution in [0.25, 0.3) is 22.3 Å². The standard InChI is InChI=1S/C22H23N7O2.ClH/c23-7-9-25-19-13-27-21(15-4-2-1-3-5-15)29(22(19)31)14-20(30)26-12-17-10-16-11-24-8-6-18(16)28-17;/h1-6,8,10-11,13,25,28H,7,9,12,14,23H2,(H,26,30);1H. The third-order valence-corrected chi connectivity index (χ3v) is 4.79. The highest BCUT2D eigenvalue weighted by Crippen LogP contribution is 2.16. The van der Waals surface area contributed by atoms with Gasteiger partial charge in [0.25, 0.3) is 5.56 Å². The number of halogens is 1. The molecule has 0 bridgehead atoms. The van der Waals surface area contributed by atoms with Crippen LogP contribution < -0.4 is 21.9 Å². The van der Waals surface area contributed by atoms with Gasteiger partial charge in [-0.1, -0.05) is 30.3 Å². The van der Waals surface area contributed by atoms with E-state index < -0.39 is 0 Å². The average Bonchev–Trinajstić information content (AvgIpc) is 3.22.